The zero-order valence-electron chi connectivity index (χ0n) is 10.4. The van der Waals surface area contributed by atoms with Crippen molar-refractivity contribution in [3.8, 4) is 11.4 Å². The molecule has 0 aliphatic carbocycles. The predicted molar refractivity (Wildman–Crippen MR) is 74.1 cm³/mol. The first-order valence-corrected chi connectivity index (χ1v) is 5.87. The molecule has 1 aromatic carbocycles. The van der Waals surface area contributed by atoms with Gasteiger partial charge in [-0.15, -0.1) is 0 Å². The van der Waals surface area contributed by atoms with Gasteiger partial charge in [-0.3, -0.25) is 4.79 Å². The number of fused-ring (bicyclic) bond motifs is 1. The molecule has 0 atom stereocenters. The van der Waals surface area contributed by atoms with Crippen molar-refractivity contribution in [2.24, 2.45) is 0 Å². The zero-order valence-corrected chi connectivity index (χ0v) is 10.4. The Hall–Kier alpha value is -2.69. The van der Waals surface area contributed by atoms with Crippen LogP contribution in [0, 0.1) is 6.92 Å². The summed E-state index contributed by atoms with van der Waals surface area (Å²) in [7, 11) is 0. The van der Waals surface area contributed by atoms with Crippen LogP contribution in [-0.4, -0.2) is 14.6 Å². The minimum Gasteiger partial charge on any atom is -0.334 e. The van der Waals surface area contributed by atoms with Gasteiger partial charge in [0.15, 0.2) is 11.5 Å². The Kier molecular flexibility index (Phi) is 2.52. The molecule has 2 N–H and O–H groups in total. The average molecular weight is 252 g/mol. The van der Waals surface area contributed by atoms with Crippen molar-refractivity contribution in [2.75, 3.05) is 5.84 Å². The van der Waals surface area contributed by atoms with E-state index < -0.39 is 0 Å². The van der Waals surface area contributed by atoms with Gasteiger partial charge < -0.3 is 5.84 Å². The molecule has 0 spiro atoms. The Bertz CT molecular complexity index is 823. The molecule has 5 heteroatoms. The van der Waals surface area contributed by atoms with Crippen LogP contribution in [-0.2, 0) is 0 Å². The summed E-state index contributed by atoms with van der Waals surface area (Å²) in [5.74, 6) is 6.29. The number of hydrogen-bond donors (Lipinski definition) is 1. The Morgan fingerprint density at radius 1 is 1.16 bits per heavy atom. The molecular weight excluding hydrogens is 240 g/mol. The minimum absolute atomic E-state index is 0.295. The Morgan fingerprint density at radius 2 is 1.95 bits per heavy atom. The molecule has 94 valence electrons. The molecule has 19 heavy (non-hydrogen) atoms. The monoisotopic (exact) mass is 252 g/mol. The Morgan fingerprint density at radius 3 is 2.74 bits per heavy atom. The number of benzene rings is 1. The third-order valence-electron chi connectivity index (χ3n) is 3.06. The second-order valence-corrected chi connectivity index (χ2v) is 4.30. The lowest BCUT2D eigenvalue weighted by molar-refractivity contribution is 0.920. The van der Waals surface area contributed by atoms with Crippen molar-refractivity contribution in [2.45, 2.75) is 6.92 Å². The smallest absolute Gasteiger partial charge is 0.281 e. The highest BCUT2D eigenvalue weighted by Crippen LogP contribution is 2.20. The maximum Gasteiger partial charge on any atom is 0.281 e. The van der Waals surface area contributed by atoms with E-state index in [4.69, 9.17) is 5.84 Å². The van der Waals surface area contributed by atoms with Crippen LogP contribution < -0.4 is 11.4 Å². The van der Waals surface area contributed by atoms with Gasteiger partial charge in [-0.25, -0.2) is 14.6 Å². The lowest BCUT2D eigenvalue weighted by atomic mass is 10.1. The number of hydrogen-bond acceptors (Lipinski definition) is 4. The second kappa shape index (κ2) is 4.20. The molecule has 0 aliphatic heterocycles. The topological polar surface area (TPSA) is 73.8 Å². The van der Waals surface area contributed by atoms with Crippen LogP contribution in [0.25, 0.3) is 22.4 Å². The number of nitrogens with two attached hydrogens (primary N) is 1. The summed E-state index contributed by atoms with van der Waals surface area (Å²) in [5, 5.41) is 0.419. The van der Waals surface area contributed by atoms with Crippen LogP contribution in [0.1, 0.15) is 5.56 Å². The van der Waals surface area contributed by atoms with E-state index in [1.165, 1.54) is 0 Å². The van der Waals surface area contributed by atoms with E-state index in [-0.39, 0.29) is 5.56 Å². The molecule has 2 heterocycles. The standard InChI is InChI=1S/C14H12N4O/c1-9-5-2-3-6-10(9)13-17-12-11(7-4-8-16-12)14(19)18(13)15/h2-8H,15H2,1H3. The van der Waals surface area contributed by atoms with Crippen LogP contribution in [0.5, 0.6) is 0 Å². The van der Waals surface area contributed by atoms with Gasteiger partial charge in [0.05, 0.1) is 5.39 Å². The highest BCUT2D eigenvalue weighted by atomic mass is 16.1. The third-order valence-corrected chi connectivity index (χ3v) is 3.06. The first-order valence-electron chi connectivity index (χ1n) is 5.87. The van der Waals surface area contributed by atoms with Crippen molar-refractivity contribution < 1.29 is 0 Å². The molecule has 0 amide bonds. The maximum atomic E-state index is 12.2. The predicted octanol–water partition coefficient (Wildman–Crippen LogP) is 1.48. The molecule has 2 aromatic heterocycles. The molecule has 3 rings (SSSR count). The molecule has 3 aromatic rings. The van der Waals surface area contributed by atoms with Gasteiger partial charge in [-0.1, -0.05) is 24.3 Å². The number of nitrogen functional groups attached to an aromatic ring is 1. The molecule has 0 saturated carbocycles. The van der Waals surface area contributed by atoms with Gasteiger partial charge in [0.2, 0.25) is 0 Å². The van der Waals surface area contributed by atoms with Crippen LogP contribution in [0.4, 0.5) is 0 Å². The van der Waals surface area contributed by atoms with E-state index in [2.05, 4.69) is 9.97 Å². The van der Waals surface area contributed by atoms with Gasteiger partial charge in [-0.2, -0.15) is 0 Å². The first-order chi connectivity index (χ1) is 9.18. The van der Waals surface area contributed by atoms with Gasteiger partial charge in [-0.05, 0) is 24.6 Å². The minimum atomic E-state index is -0.295. The number of aromatic nitrogens is 3. The first kappa shape index (κ1) is 11.4. The molecule has 0 saturated heterocycles. The normalized spacial score (nSPS) is 10.8. The summed E-state index contributed by atoms with van der Waals surface area (Å²) in [6.45, 7) is 1.95. The van der Waals surface area contributed by atoms with Crippen molar-refractivity contribution in [1.82, 2.24) is 14.6 Å². The van der Waals surface area contributed by atoms with Crippen molar-refractivity contribution in [3.05, 3.63) is 58.5 Å². The summed E-state index contributed by atoms with van der Waals surface area (Å²) in [4.78, 5) is 20.7. The van der Waals surface area contributed by atoms with Gasteiger partial charge in [0.1, 0.15) is 0 Å². The molecule has 0 unspecified atom stereocenters. The Labute approximate surface area is 109 Å². The third kappa shape index (κ3) is 1.76. The van der Waals surface area contributed by atoms with E-state index >= 15 is 0 Å². The number of rotatable bonds is 1. The number of aryl methyl sites for hydroxylation is 1. The summed E-state index contributed by atoms with van der Waals surface area (Å²) >= 11 is 0. The summed E-state index contributed by atoms with van der Waals surface area (Å²) in [6, 6.07) is 11.0. The van der Waals surface area contributed by atoms with Crippen molar-refractivity contribution in [3.63, 3.8) is 0 Å². The van der Waals surface area contributed by atoms with E-state index in [0.717, 1.165) is 15.8 Å². The van der Waals surface area contributed by atoms with Gasteiger partial charge in [0.25, 0.3) is 5.56 Å². The van der Waals surface area contributed by atoms with Crippen molar-refractivity contribution >= 4 is 11.0 Å². The zero-order chi connectivity index (χ0) is 13.4. The van der Waals surface area contributed by atoms with E-state index in [9.17, 15) is 4.79 Å². The second-order valence-electron chi connectivity index (χ2n) is 4.30. The fraction of sp³-hybridized carbons (Fsp3) is 0.0714. The average Bonchev–Trinajstić information content (AvgIpc) is 2.44. The van der Waals surface area contributed by atoms with Crippen LogP contribution in [0.15, 0.2) is 47.4 Å². The molecule has 0 bridgehead atoms. The van der Waals surface area contributed by atoms with Gasteiger partial charge >= 0.3 is 0 Å². The van der Waals surface area contributed by atoms with Crippen LogP contribution in [0.2, 0.25) is 0 Å². The van der Waals surface area contributed by atoms with Crippen LogP contribution in [0.3, 0.4) is 0 Å². The summed E-state index contributed by atoms with van der Waals surface area (Å²) in [5.41, 5.74) is 1.95. The van der Waals surface area contributed by atoms with Crippen molar-refractivity contribution in [1.29, 1.82) is 0 Å². The summed E-state index contributed by atoms with van der Waals surface area (Å²) in [6.07, 6.45) is 1.61. The van der Waals surface area contributed by atoms with Crippen LogP contribution >= 0.6 is 0 Å². The Balaban J connectivity index is 2.40. The molecule has 0 fully saturated rings. The fourth-order valence-corrected chi connectivity index (χ4v) is 2.05. The highest BCUT2D eigenvalue weighted by Gasteiger charge is 2.12. The quantitative estimate of drug-likeness (QED) is 0.666. The van der Waals surface area contributed by atoms with E-state index in [1.54, 1.807) is 18.3 Å². The molecular formula is C14H12N4O. The maximum absolute atomic E-state index is 12.2. The molecule has 0 aliphatic rings. The number of nitrogens with zero attached hydrogens (tertiary/aromatic N) is 3. The SMILES string of the molecule is Cc1ccccc1-c1nc2ncccc2c(=O)n1N. The highest BCUT2D eigenvalue weighted by molar-refractivity contribution is 5.76. The summed E-state index contributed by atoms with van der Waals surface area (Å²) < 4.78 is 1.08. The van der Waals surface area contributed by atoms with E-state index in [0.29, 0.717) is 16.9 Å². The van der Waals surface area contributed by atoms with Gasteiger partial charge in [0, 0.05) is 11.8 Å². The lowest BCUT2D eigenvalue weighted by Crippen LogP contribution is -2.30. The largest absolute Gasteiger partial charge is 0.334 e. The lowest BCUT2D eigenvalue weighted by Gasteiger charge is -2.10. The number of pyridine rings is 1. The molecule has 0 radical (unpaired) electrons. The van der Waals surface area contributed by atoms with E-state index in [1.807, 2.05) is 31.2 Å². The molecule has 5 nitrogen and oxygen atoms in total. The fourth-order valence-electron chi connectivity index (χ4n) is 2.05.